The molecule has 21 atom stereocenters. The Balaban J connectivity index is 0.000000153. The molecule has 6 saturated carbocycles. The van der Waals surface area contributed by atoms with E-state index in [4.69, 9.17) is 66.3 Å². The highest BCUT2D eigenvalue weighted by atomic mass is 19.4. The Kier molecular flexibility index (Phi) is 20.9. The first-order valence-electron chi connectivity index (χ1n) is 33.2. The van der Waals surface area contributed by atoms with Crippen LogP contribution in [0.15, 0.2) is 0 Å². The van der Waals surface area contributed by atoms with Gasteiger partial charge in [0.2, 0.25) is 0 Å². The molecule has 542 valence electrons. The van der Waals surface area contributed by atoms with Gasteiger partial charge in [-0.25, -0.2) is 19.2 Å². The summed E-state index contributed by atoms with van der Waals surface area (Å²) in [5, 5.41) is 9.33. The zero-order valence-corrected chi connectivity index (χ0v) is 57.0. The van der Waals surface area contributed by atoms with Crippen LogP contribution in [0, 0.1) is 97.1 Å². The first-order chi connectivity index (χ1) is 45.7. The average molecular weight is 1390 g/mol. The molecule has 0 radical (unpaired) electrons. The van der Waals surface area contributed by atoms with E-state index in [1.54, 1.807) is 62.3 Å². The third kappa shape index (κ3) is 13.4. The number of nitriles is 1. The molecule has 6 heterocycles. The third-order valence-electron chi connectivity index (χ3n) is 22.7. The van der Waals surface area contributed by atoms with E-state index in [0.29, 0.717) is 51.4 Å². The quantitative estimate of drug-likeness (QED) is 0.105. The van der Waals surface area contributed by atoms with Crippen LogP contribution in [0.3, 0.4) is 0 Å². The summed E-state index contributed by atoms with van der Waals surface area (Å²) in [5.41, 5.74) is -6.25. The van der Waals surface area contributed by atoms with Gasteiger partial charge >= 0.3 is 83.8 Å². The summed E-state index contributed by atoms with van der Waals surface area (Å²) < 4.78 is 113. The zero-order chi connectivity index (χ0) is 72.5. The minimum Gasteiger partial charge on any atom is -0.469 e. The van der Waals surface area contributed by atoms with E-state index in [2.05, 4.69) is 6.07 Å². The fraction of sp³-hybridized carbons (Fsp3) is 0.791. The Bertz CT molecular complexity index is 3280. The third-order valence-corrected chi connectivity index (χ3v) is 22.7. The largest absolute Gasteiger partial charge is 0.469 e. The van der Waals surface area contributed by atoms with Crippen LogP contribution < -0.4 is 0 Å². The predicted molar refractivity (Wildman–Crippen MR) is 315 cm³/mol. The summed E-state index contributed by atoms with van der Waals surface area (Å²) in [6.45, 7) is 19.2. The summed E-state index contributed by atoms with van der Waals surface area (Å²) >= 11 is 0. The second-order valence-corrected chi connectivity index (χ2v) is 29.9. The molecule has 12 aliphatic rings. The average Bonchev–Trinajstić information content (AvgIpc) is 1.48. The summed E-state index contributed by atoms with van der Waals surface area (Å²) in [5.74, 6) is -11.6. The summed E-state index contributed by atoms with van der Waals surface area (Å²) in [7, 11) is 1.27. The Morgan fingerprint density at radius 2 is 0.918 bits per heavy atom. The maximum atomic E-state index is 13.4. The molecule has 6 aliphatic carbocycles. The van der Waals surface area contributed by atoms with Gasteiger partial charge < -0.3 is 66.3 Å². The molecule has 12 rings (SSSR count). The SMILES string of the molecule is CCC(C)(C)C(=O)OCC(=O)OC1C2CC3C(=O)OC1C3O2.CCC(C)(C)C(=O)OCC(=O)OC1C2CC3C1OC(=O)C3(C#N)C2.CCC(C)(C)C(=O)OCC(=O)OC1C2CC3C1OC(=O)C3(C(F)(F)F)C2.CCC(C)(C)C(=O)OCC(=O)OC1C2CC3C1OC(=O)C3C2C(=O)OC. The molecule has 0 aromatic heterocycles. The van der Waals surface area contributed by atoms with Crippen LogP contribution in [0.25, 0.3) is 0 Å². The Morgan fingerprint density at radius 1 is 0.500 bits per heavy atom. The van der Waals surface area contributed by atoms with E-state index < -0.39 is 216 Å². The topological polar surface area (TPSA) is 375 Å². The second-order valence-electron chi connectivity index (χ2n) is 29.9. The van der Waals surface area contributed by atoms with Crippen LogP contribution in [0.5, 0.6) is 0 Å². The van der Waals surface area contributed by atoms with Crippen LogP contribution in [0.4, 0.5) is 13.2 Å². The van der Waals surface area contributed by atoms with E-state index in [0.717, 1.165) is 0 Å². The normalized spacial score (nSPS) is 35.3. The molecule has 0 aromatic carbocycles. The van der Waals surface area contributed by atoms with Gasteiger partial charge in [0.1, 0.15) is 42.7 Å². The highest BCUT2D eigenvalue weighted by Gasteiger charge is 2.81. The Hall–Kier alpha value is -7.65. The van der Waals surface area contributed by atoms with Gasteiger partial charge in [-0.2, -0.15) is 18.4 Å². The number of fused-ring (bicyclic) bond motifs is 4. The summed E-state index contributed by atoms with van der Waals surface area (Å²) in [6, 6.07) is 2.10. The predicted octanol–water partition coefficient (Wildman–Crippen LogP) is 5.19. The van der Waals surface area contributed by atoms with Crippen LogP contribution >= 0.6 is 0 Å². The Morgan fingerprint density at radius 3 is 1.37 bits per heavy atom. The van der Waals surface area contributed by atoms with E-state index in [9.17, 15) is 80.8 Å². The van der Waals surface area contributed by atoms with Crippen molar-refractivity contribution in [3.05, 3.63) is 0 Å². The molecule has 6 aliphatic heterocycles. The zero-order valence-electron chi connectivity index (χ0n) is 57.0. The van der Waals surface area contributed by atoms with Gasteiger partial charge in [-0.3, -0.25) is 43.2 Å². The number of hydrogen-bond donors (Lipinski definition) is 0. The second kappa shape index (κ2) is 27.5. The van der Waals surface area contributed by atoms with Crippen LogP contribution in [0.2, 0.25) is 0 Å². The van der Waals surface area contributed by atoms with Crippen molar-refractivity contribution in [2.24, 2.45) is 85.8 Å². The van der Waals surface area contributed by atoms with Crippen LogP contribution in [0.1, 0.15) is 147 Å². The first kappa shape index (κ1) is 74.6. The number of esters is 13. The highest BCUT2D eigenvalue weighted by Crippen LogP contribution is 2.68. The van der Waals surface area contributed by atoms with E-state index in [-0.39, 0.29) is 54.2 Å². The van der Waals surface area contributed by atoms with Crippen molar-refractivity contribution in [2.75, 3.05) is 33.5 Å². The number of carbonyl (C=O) groups excluding carboxylic acids is 13. The number of alkyl halides is 3. The lowest BCUT2D eigenvalue weighted by atomic mass is 9.73. The van der Waals surface area contributed by atoms with Crippen molar-refractivity contribution >= 4 is 77.6 Å². The molecular formula is C67H86F3NO27. The molecule has 6 saturated heterocycles. The number of hydrogen-bond acceptors (Lipinski definition) is 28. The van der Waals surface area contributed by atoms with Gasteiger partial charge in [0.15, 0.2) is 49.5 Å². The number of rotatable bonds is 21. The maximum Gasteiger partial charge on any atom is 0.405 e. The van der Waals surface area contributed by atoms with Gasteiger partial charge in [-0.1, -0.05) is 27.7 Å². The molecule has 12 fully saturated rings. The van der Waals surface area contributed by atoms with Gasteiger partial charge in [0.25, 0.3) is 0 Å². The fourth-order valence-corrected chi connectivity index (χ4v) is 15.4. The number of methoxy groups -OCH3 is 1. The number of ether oxygens (including phenoxy) is 14. The van der Waals surface area contributed by atoms with Crippen molar-refractivity contribution in [1.29, 1.82) is 5.26 Å². The Labute approximate surface area is 562 Å². The minimum absolute atomic E-state index is 0.0576. The lowest BCUT2D eigenvalue weighted by Crippen LogP contribution is -2.48. The lowest BCUT2D eigenvalue weighted by Gasteiger charge is -2.33. The molecule has 0 N–H and O–H groups in total. The molecule has 98 heavy (non-hydrogen) atoms. The van der Waals surface area contributed by atoms with Crippen molar-refractivity contribution in [3.63, 3.8) is 0 Å². The van der Waals surface area contributed by atoms with E-state index in [1.165, 1.54) is 7.11 Å². The molecule has 0 amide bonds. The molecular weight excluding hydrogens is 1310 g/mol. The lowest BCUT2D eigenvalue weighted by molar-refractivity contribution is -0.231. The number of halogens is 3. The van der Waals surface area contributed by atoms with Gasteiger partial charge in [-0.05, 0) is 120 Å². The van der Waals surface area contributed by atoms with Crippen molar-refractivity contribution < 1.29 is 142 Å². The fourth-order valence-electron chi connectivity index (χ4n) is 15.4. The van der Waals surface area contributed by atoms with Crippen LogP contribution in [-0.4, -0.2) is 178 Å². The van der Waals surface area contributed by atoms with Gasteiger partial charge in [0, 0.05) is 35.5 Å². The molecule has 0 aromatic rings. The standard InChI is InChI=1S/C18H24O8.C17H21F3O6.C17H21NO6.C15H20O7/c1-5-18(2,3)17(22)24-7-10(19)25-13-8-6-9-12(11(8)15(20)23-4)16(21)26-14(9)13;1-4-15(2,3)13(22)24-7-10(21)25-11-8-5-9-12(11)26-14(23)16(9,6-8)17(18,19)20;1-4-16(2,3)14(20)22-7-11(19)23-12-9-5-10-13(12)24-15(21)17(10,6-9)8-18;1-4-15(2,3)14(18)19-6-9(16)21-11-8-5-7-10(20-8)12(11)22-13(7)17/h8-9,11-14H,5-7H2,1-4H3;8-9,11-12H,4-7H2,1-3H3;9-10,12-13H,4-7H2,1-3H3;7-8,10-12H,4-6H2,1-3H3. The molecule has 21 unspecified atom stereocenters. The van der Waals surface area contributed by atoms with Gasteiger partial charge in [0.05, 0.1) is 58.7 Å². The summed E-state index contributed by atoms with van der Waals surface area (Å²) in [4.78, 5) is 155. The van der Waals surface area contributed by atoms with Crippen molar-refractivity contribution in [2.45, 2.75) is 215 Å². The number of carbonyl (C=O) groups is 13. The first-order valence-corrected chi connectivity index (χ1v) is 33.2. The highest BCUT2D eigenvalue weighted by molar-refractivity contribution is 5.88. The molecule has 0 spiro atoms. The van der Waals surface area contributed by atoms with Gasteiger partial charge in [-0.15, -0.1) is 0 Å². The molecule has 31 heteroatoms. The van der Waals surface area contributed by atoms with Crippen molar-refractivity contribution in [1.82, 2.24) is 0 Å². The van der Waals surface area contributed by atoms with Crippen LogP contribution in [-0.2, 0) is 129 Å². The van der Waals surface area contributed by atoms with E-state index >= 15 is 0 Å². The molecule has 28 nitrogen and oxygen atoms in total. The monoisotopic (exact) mass is 1390 g/mol. The number of nitrogens with zero attached hydrogens (tertiary/aromatic N) is 1. The summed E-state index contributed by atoms with van der Waals surface area (Å²) in [6.07, 6.45) is -6.70. The molecule has 8 bridgehead atoms. The minimum atomic E-state index is -4.69. The smallest absolute Gasteiger partial charge is 0.405 e. The maximum absolute atomic E-state index is 13.4. The van der Waals surface area contributed by atoms with Crippen molar-refractivity contribution in [3.8, 4) is 6.07 Å². The van der Waals surface area contributed by atoms with E-state index in [1.807, 2.05) is 20.8 Å².